The van der Waals surface area contributed by atoms with Crippen molar-refractivity contribution in [3.05, 3.63) is 0 Å². The van der Waals surface area contributed by atoms with E-state index in [1.807, 2.05) is 0 Å². The average Bonchev–Trinajstić information content (AvgIpc) is 2.14. The molecule has 0 heterocycles. The first-order chi connectivity index (χ1) is 7.63. The quantitative estimate of drug-likeness (QED) is 0.690. The van der Waals surface area contributed by atoms with E-state index < -0.39 is 23.7 Å². The van der Waals surface area contributed by atoms with Crippen molar-refractivity contribution in [1.82, 2.24) is 5.06 Å². The van der Waals surface area contributed by atoms with Gasteiger partial charge >= 0.3 is 12.1 Å². The SMILES string of the molecule is CN(OCC[C@H](N)C(=O)O)C(=O)OC(C)(C)C. The van der Waals surface area contributed by atoms with E-state index >= 15 is 0 Å². The van der Waals surface area contributed by atoms with Crippen LogP contribution in [0.2, 0.25) is 0 Å². The topological polar surface area (TPSA) is 102 Å². The zero-order chi connectivity index (χ0) is 13.6. The lowest BCUT2D eigenvalue weighted by atomic mass is 10.2. The Hall–Kier alpha value is -1.34. The Morgan fingerprint density at radius 2 is 1.94 bits per heavy atom. The number of hydrogen-bond donors (Lipinski definition) is 2. The maximum Gasteiger partial charge on any atom is 0.434 e. The second kappa shape index (κ2) is 6.41. The molecule has 0 spiro atoms. The molecule has 7 heteroatoms. The smallest absolute Gasteiger partial charge is 0.434 e. The fourth-order valence-electron chi connectivity index (χ4n) is 0.819. The van der Waals surface area contributed by atoms with Crippen LogP contribution in [0.3, 0.4) is 0 Å². The molecule has 0 aliphatic rings. The molecule has 3 N–H and O–H groups in total. The van der Waals surface area contributed by atoms with E-state index in [0.29, 0.717) is 0 Å². The molecular weight excluding hydrogens is 228 g/mol. The van der Waals surface area contributed by atoms with Crippen LogP contribution in [0.5, 0.6) is 0 Å². The number of rotatable bonds is 5. The summed E-state index contributed by atoms with van der Waals surface area (Å²) in [5.74, 6) is -1.10. The Morgan fingerprint density at radius 3 is 2.35 bits per heavy atom. The summed E-state index contributed by atoms with van der Waals surface area (Å²) >= 11 is 0. The molecule has 1 amide bonds. The predicted molar refractivity (Wildman–Crippen MR) is 60.2 cm³/mol. The van der Waals surface area contributed by atoms with Crippen molar-refractivity contribution >= 4 is 12.1 Å². The highest BCUT2D eigenvalue weighted by Crippen LogP contribution is 2.09. The summed E-state index contributed by atoms with van der Waals surface area (Å²) in [7, 11) is 1.39. The molecule has 100 valence electrons. The van der Waals surface area contributed by atoms with Crippen LogP contribution in [-0.2, 0) is 14.4 Å². The molecule has 0 fully saturated rings. The van der Waals surface area contributed by atoms with Gasteiger partial charge < -0.3 is 15.6 Å². The molecule has 7 nitrogen and oxygen atoms in total. The third kappa shape index (κ3) is 7.53. The second-order valence-electron chi connectivity index (χ2n) is 4.54. The van der Waals surface area contributed by atoms with Crippen LogP contribution >= 0.6 is 0 Å². The van der Waals surface area contributed by atoms with Gasteiger partial charge in [-0.05, 0) is 27.2 Å². The maximum absolute atomic E-state index is 11.4. The number of hydroxylamine groups is 2. The summed E-state index contributed by atoms with van der Waals surface area (Å²) in [5, 5.41) is 9.44. The number of ether oxygens (including phenoxy) is 1. The van der Waals surface area contributed by atoms with Gasteiger partial charge in [-0.3, -0.25) is 9.63 Å². The summed E-state index contributed by atoms with van der Waals surface area (Å²) in [6.45, 7) is 5.24. The van der Waals surface area contributed by atoms with E-state index in [0.717, 1.165) is 5.06 Å². The molecule has 1 atom stereocenters. The Morgan fingerprint density at radius 1 is 1.41 bits per heavy atom. The highest BCUT2D eigenvalue weighted by atomic mass is 16.7. The van der Waals surface area contributed by atoms with Gasteiger partial charge in [0.15, 0.2) is 0 Å². The summed E-state index contributed by atoms with van der Waals surface area (Å²) in [6, 6.07) is -0.998. The molecular formula is C10H20N2O5. The largest absolute Gasteiger partial charge is 0.480 e. The van der Waals surface area contributed by atoms with Crippen molar-refractivity contribution < 1.29 is 24.3 Å². The van der Waals surface area contributed by atoms with E-state index in [9.17, 15) is 9.59 Å². The zero-order valence-corrected chi connectivity index (χ0v) is 10.6. The van der Waals surface area contributed by atoms with Gasteiger partial charge in [-0.25, -0.2) is 4.79 Å². The second-order valence-corrected chi connectivity index (χ2v) is 4.54. The van der Waals surface area contributed by atoms with Gasteiger partial charge in [0.1, 0.15) is 11.6 Å². The molecule has 0 aliphatic carbocycles. The number of carboxylic acid groups (broad SMARTS) is 1. The van der Waals surface area contributed by atoms with Gasteiger partial charge in [-0.1, -0.05) is 0 Å². The van der Waals surface area contributed by atoms with E-state index in [2.05, 4.69) is 0 Å². The van der Waals surface area contributed by atoms with Crippen molar-refractivity contribution in [2.75, 3.05) is 13.7 Å². The molecule has 0 aromatic rings. The molecule has 0 saturated heterocycles. The van der Waals surface area contributed by atoms with Crippen molar-refractivity contribution in [2.45, 2.75) is 38.8 Å². The Kier molecular flexibility index (Phi) is 5.90. The summed E-state index contributed by atoms with van der Waals surface area (Å²) in [5.41, 5.74) is 4.66. The minimum Gasteiger partial charge on any atom is -0.480 e. The highest BCUT2D eigenvalue weighted by Gasteiger charge is 2.20. The first kappa shape index (κ1) is 15.7. The fraction of sp³-hybridized carbons (Fsp3) is 0.800. The Labute approximate surface area is 100 Å². The van der Waals surface area contributed by atoms with Gasteiger partial charge in [0.25, 0.3) is 0 Å². The third-order valence-corrected chi connectivity index (χ3v) is 1.68. The lowest BCUT2D eigenvalue weighted by Gasteiger charge is -2.24. The predicted octanol–water partition coefficient (Wildman–Crippen LogP) is 0.587. The molecule has 0 radical (unpaired) electrons. The Bertz CT molecular complexity index is 274. The monoisotopic (exact) mass is 248 g/mol. The van der Waals surface area contributed by atoms with Gasteiger partial charge in [0.05, 0.1) is 6.61 Å². The number of aliphatic carboxylic acids is 1. The van der Waals surface area contributed by atoms with E-state index in [1.54, 1.807) is 20.8 Å². The molecule has 0 rings (SSSR count). The highest BCUT2D eigenvalue weighted by molar-refractivity contribution is 5.73. The molecule has 0 saturated carbocycles. The number of carboxylic acids is 1. The van der Waals surface area contributed by atoms with Crippen molar-refractivity contribution in [1.29, 1.82) is 0 Å². The van der Waals surface area contributed by atoms with Crippen LogP contribution in [0, 0.1) is 0 Å². The first-order valence-corrected chi connectivity index (χ1v) is 5.21. The number of amides is 1. The van der Waals surface area contributed by atoms with Gasteiger partial charge in [0.2, 0.25) is 0 Å². The molecule has 0 unspecified atom stereocenters. The van der Waals surface area contributed by atoms with Crippen LogP contribution in [0.4, 0.5) is 4.79 Å². The van der Waals surface area contributed by atoms with Crippen LogP contribution in [0.15, 0.2) is 0 Å². The summed E-state index contributed by atoms with van der Waals surface area (Å²) < 4.78 is 5.02. The minimum atomic E-state index is -1.10. The fourth-order valence-corrected chi connectivity index (χ4v) is 0.819. The van der Waals surface area contributed by atoms with Gasteiger partial charge in [0, 0.05) is 7.05 Å². The van der Waals surface area contributed by atoms with Crippen molar-refractivity contribution in [3.63, 3.8) is 0 Å². The molecule has 0 aromatic carbocycles. The van der Waals surface area contributed by atoms with Crippen LogP contribution in [0.25, 0.3) is 0 Å². The normalized spacial score (nSPS) is 13.0. The lowest BCUT2D eigenvalue weighted by molar-refractivity contribution is -0.144. The standard InChI is InChI=1S/C10H20N2O5/c1-10(2,3)17-9(15)12(4)16-6-5-7(11)8(13)14/h7H,5-6,11H2,1-4H3,(H,13,14)/t7-/m0/s1. The molecule has 0 bridgehead atoms. The molecule has 0 aliphatic heterocycles. The summed E-state index contributed by atoms with van der Waals surface area (Å²) in [4.78, 5) is 26.8. The minimum absolute atomic E-state index is 0.0310. The van der Waals surface area contributed by atoms with Gasteiger partial charge in [-0.15, -0.1) is 0 Å². The zero-order valence-electron chi connectivity index (χ0n) is 10.6. The lowest BCUT2D eigenvalue weighted by Crippen LogP contribution is -2.36. The third-order valence-electron chi connectivity index (χ3n) is 1.68. The number of carbonyl (C=O) groups excluding carboxylic acids is 1. The van der Waals surface area contributed by atoms with Crippen LogP contribution in [-0.4, -0.2) is 47.5 Å². The molecule has 0 aromatic heterocycles. The maximum atomic E-state index is 11.4. The average molecular weight is 248 g/mol. The number of nitrogens with zero attached hydrogens (tertiary/aromatic N) is 1. The Balaban J connectivity index is 3.90. The van der Waals surface area contributed by atoms with Gasteiger partial charge in [-0.2, -0.15) is 5.06 Å². The van der Waals surface area contributed by atoms with Crippen molar-refractivity contribution in [3.8, 4) is 0 Å². The van der Waals surface area contributed by atoms with Crippen LogP contribution in [0.1, 0.15) is 27.2 Å². The van der Waals surface area contributed by atoms with Crippen LogP contribution < -0.4 is 5.73 Å². The number of nitrogens with two attached hydrogens (primary N) is 1. The first-order valence-electron chi connectivity index (χ1n) is 5.21. The molecule has 17 heavy (non-hydrogen) atoms. The van der Waals surface area contributed by atoms with E-state index in [1.165, 1.54) is 7.05 Å². The van der Waals surface area contributed by atoms with E-state index in [-0.39, 0.29) is 13.0 Å². The van der Waals surface area contributed by atoms with Crippen molar-refractivity contribution in [2.24, 2.45) is 5.73 Å². The number of carbonyl (C=O) groups is 2. The summed E-state index contributed by atoms with van der Waals surface area (Å²) in [6.07, 6.45) is -0.524. The number of hydrogen-bond acceptors (Lipinski definition) is 5. The van der Waals surface area contributed by atoms with E-state index in [4.69, 9.17) is 20.4 Å².